The summed E-state index contributed by atoms with van der Waals surface area (Å²) in [5, 5.41) is 0. The Labute approximate surface area is 147 Å². The number of likely N-dealkylation sites (tertiary alicyclic amines) is 1. The number of ether oxygens (including phenoxy) is 1. The summed E-state index contributed by atoms with van der Waals surface area (Å²) in [7, 11) is 0. The van der Waals surface area contributed by atoms with E-state index in [9.17, 15) is 9.59 Å². The van der Waals surface area contributed by atoms with Gasteiger partial charge in [0.15, 0.2) is 11.9 Å². The second-order valence-electron chi connectivity index (χ2n) is 6.29. The van der Waals surface area contributed by atoms with E-state index in [0.29, 0.717) is 17.9 Å². The van der Waals surface area contributed by atoms with Gasteiger partial charge < -0.3 is 9.64 Å². The molecule has 2 aromatic rings. The van der Waals surface area contributed by atoms with Crippen LogP contribution in [-0.4, -0.2) is 34.2 Å². The summed E-state index contributed by atoms with van der Waals surface area (Å²) in [5.74, 6) is 0.447. The van der Waals surface area contributed by atoms with Gasteiger partial charge in [0.25, 0.3) is 5.91 Å². The van der Waals surface area contributed by atoms with Gasteiger partial charge in [0.1, 0.15) is 5.75 Å². The van der Waals surface area contributed by atoms with E-state index in [1.54, 1.807) is 37.4 Å². The fourth-order valence-electron chi connectivity index (χ4n) is 3.19. The molecule has 0 unspecified atom stereocenters. The normalized spacial score (nSPS) is 18.0. The molecule has 2 heterocycles. The average molecular weight is 338 g/mol. The molecule has 1 aromatic carbocycles. The van der Waals surface area contributed by atoms with Gasteiger partial charge in [0, 0.05) is 18.3 Å². The van der Waals surface area contributed by atoms with Crippen LogP contribution < -0.4 is 4.74 Å². The number of carbonyl (C=O) groups excluding carboxylic acids is 2. The van der Waals surface area contributed by atoms with Crippen molar-refractivity contribution in [1.82, 2.24) is 9.88 Å². The number of hydrogen-bond donors (Lipinski definition) is 0. The Balaban J connectivity index is 1.71. The van der Waals surface area contributed by atoms with Crippen molar-refractivity contribution in [3.63, 3.8) is 0 Å². The summed E-state index contributed by atoms with van der Waals surface area (Å²) < 4.78 is 5.80. The van der Waals surface area contributed by atoms with Crippen LogP contribution in [0.5, 0.6) is 5.75 Å². The first-order valence-corrected chi connectivity index (χ1v) is 8.55. The third-order valence-corrected chi connectivity index (χ3v) is 4.47. The van der Waals surface area contributed by atoms with Crippen molar-refractivity contribution < 1.29 is 14.3 Å². The quantitative estimate of drug-likeness (QED) is 0.784. The SMILES string of the molecule is CC(=O)c1cccc(O[C@H](C)C(=O)N2CCC[C@H]2c2ccccn2)c1. The summed E-state index contributed by atoms with van der Waals surface area (Å²) in [4.78, 5) is 30.6. The van der Waals surface area contributed by atoms with E-state index in [1.807, 2.05) is 23.1 Å². The van der Waals surface area contributed by atoms with E-state index >= 15 is 0 Å². The molecule has 0 bridgehead atoms. The van der Waals surface area contributed by atoms with Crippen LogP contribution in [0.25, 0.3) is 0 Å². The van der Waals surface area contributed by atoms with Crippen molar-refractivity contribution in [3.05, 3.63) is 59.9 Å². The van der Waals surface area contributed by atoms with Crippen molar-refractivity contribution in [2.45, 2.75) is 38.8 Å². The van der Waals surface area contributed by atoms with Gasteiger partial charge in [-0.3, -0.25) is 14.6 Å². The van der Waals surface area contributed by atoms with Crippen molar-refractivity contribution in [2.75, 3.05) is 6.54 Å². The number of aromatic nitrogens is 1. The van der Waals surface area contributed by atoms with Crippen molar-refractivity contribution >= 4 is 11.7 Å². The molecule has 2 atom stereocenters. The fraction of sp³-hybridized carbons (Fsp3) is 0.350. The van der Waals surface area contributed by atoms with Gasteiger partial charge >= 0.3 is 0 Å². The molecule has 0 N–H and O–H groups in total. The van der Waals surface area contributed by atoms with Gasteiger partial charge in [-0.1, -0.05) is 18.2 Å². The van der Waals surface area contributed by atoms with Gasteiger partial charge in [-0.25, -0.2) is 0 Å². The van der Waals surface area contributed by atoms with Gasteiger partial charge in [-0.15, -0.1) is 0 Å². The first kappa shape index (κ1) is 17.1. The minimum atomic E-state index is -0.619. The summed E-state index contributed by atoms with van der Waals surface area (Å²) in [6.07, 6.45) is 3.00. The minimum Gasteiger partial charge on any atom is -0.481 e. The molecule has 130 valence electrons. The Morgan fingerprint density at radius 1 is 1.24 bits per heavy atom. The highest BCUT2D eigenvalue weighted by Crippen LogP contribution is 2.31. The molecule has 5 nitrogen and oxygen atoms in total. The van der Waals surface area contributed by atoms with E-state index in [0.717, 1.165) is 18.5 Å². The topological polar surface area (TPSA) is 59.5 Å². The van der Waals surface area contributed by atoms with E-state index in [2.05, 4.69) is 4.98 Å². The van der Waals surface area contributed by atoms with Gasteiger partial charge in [0.05, 0.1) is 11.7 Å². The molecular formula is C20H22N2O3. The van der Waals surface area contributed by atoms with Crippen LogP contribution in [0, 0.1) is 0 Å². The van der Waals surface area contributed by atoms with E-state index in [1.165, 1.54) is 6.92 Å². The molecule has 1 fully saturated rings. The molecule has 0 saturated carbocycles. The smallest absolute Gasteiger partial charge is 0.263 e. The monoisotopic (exact) mass is 338 g/mol. The first-order chi connectivity index (χ1) is 12.1. The molecule has 0 aliphatic carbocycles. The van der Waals surface area contributed by atoms with Gasteiger partial charge in [-0.2, -0.15) is 0 Å². The summed E-state index contributed by atoms with van der Waals surface area (Å²) >= 11 is 0. The Bertz CT molecular complexity index is 761. The number of carbonyl (C=O) groups is 2. The molecule has 1 aliphatic rings. The largest absolute Gasteiger partial charge is 0.481 e. The lowest BCUT2D eigenvalue weighted by atomic mass is 10.1. The van der Waals surface area contributed by atoms with Gasteiger partial charge in [-0.05, 0) is 51.0 Å². The van der Waals surface area contributed by atoms with Gasteiger partial charge in [0.2, 0.25) is 0 Å². The molecule has 1 amide bonds. The maximum Gasteiger partial charge on any atom is 0.263 e. The molecule has 1 saturated heterocycles. The number of ketones is 1. The van der Waals surface area contributed by atoms with Crippen LogP contribution in [0.2, 0.25) is 0 Å². The molecule has 1 aliphatic heterocycles. The van der Waals surface area contributed by atoms with Crippen LogP contribution in [0.15, 0.2) is 48.7 Å². The predicted octanol–water partition coefficient (Wildman–Crippen LogP) is 3.42. The number of benzene rings is 1. The molecule has 0 spiro atoms. The Morgan fingerprint density at radius 2 is 2.08 bits per heavy atom. The third-order valence-electron chi connectivity index (χ3n) is 4.47. The Morgan fingerprint density at radius 3 is 2.80 bits per heavy atom. The second kappa shape index (κ2) is 7.47. The highest BCUT2D eigenvalue weighted by Gasteiger charge is 2.33. The number of Topliss-reactive ketones (excluding diaryl/α,β-unsaturated/α-hetero) is 1. The van der Waals surface area contributed by atoms with E-state index in [4.69, 9.17) is 4.74 Å². The van der Waals surface area contributed by atoms with Crippen molar-refractivity contribution in [2.24, 2.45) is 0 Å². The lowest BCUT2D eigenvalue weighted by molar-refractivity contribution is -0.139. The third kappa shape index (κ3) is 3.87. The number of amides is 1. The second-order valence-corrected chi connectivity index (χ2v) is 6.29. The minimum absolute atomic E-state index is 0.00306. The van der Waals surface area contributed by atoms with E-state index < -0.39 is 6.10 Å². The number of nitrogens with zero attached hydrogens (tertiary/aromatic N) is 2. The fourth-order valence-corrected chi connectivity index (χ4v) is 3.19. The molecule has 5 heteroatoms. The lowest BCUT2D eigenvalue weighted by Gasteiger charge is -2.27. The Hall–Kier alpha value is -2.69. The van der Waals surface area contributed by atoms with Crippen molar-refractivity contribution in [1.29, 1.82) is 0 Å². The maximum atomic E-state index is 12.9. The number of pyridine rings is 1. The maximum absolute atomic E-state index is 12.9. The van der Waals surface area contributed by atoms with E-state index in [-0.39, 0.29) is 17.7 Å². The van der Waals surface area contributed by atoms with Crippen LogP contribution in [0.3, 0.4) is 0 Å². The average Bonchev–Trinajstić information content (AvgIpc) is 3.11. The zero-order valence-corrected chi connectivity index (χ0v) is 14.5. The predicted molar refractivity (Wildman–Crippen MR) is 94.5 cm³/mol. The number of rotatable bonds is 5. The first-order valence-electron chi connectivity index (χ1n) is 8.55. The molecule has 3 rings (SSSR count). The zero-order valence-electron chi connectivity index (χ0n) is 14.5. The molecule has 25 heavy (non-hydrogen) atoms. The lowest BCUT2D eigenvalue weighted by Crippen LogP contribution is -2.40. The highest BCUT2D eigenvalue weighted by molar-refractivity contribution is 5.94. The van der Waals surface area contributed by atoms with Crippen LogP contribution in [0.1, 0.15) is 48.8 Å². The molecule has 0 radical (unpaired) electrons. The zero-order chi connectivity index (χ0) is 17.8. The number of hydrogen-bond acceptors (Lipinski definition) is 4. The summed E-state index contributed by atoms with van der Waals surface area (Å²) in [6, 6.07) is 12.7. The molecule has 1 aromatic heterocycles. The standard InChI is InChI=1S/C20H22N2O3/c1-14(23)16-7-5-8-17(13-16)25-15(2)20(24)22-12-6-10-19(22)18-9-3-4-11-21-18/h3-5,7-9,11,13,15,19H,6,10,12H2,1-2H3/t15-,19+/m1/s1. The van der Waals surface area contributed by atoms with Crippen LogP contribution in [0.4, 0.5) is 0 Å². The van der Waals surface area contributed by atoms with Crippen LogP contribution >= 0.6 is 0 Å². The summed E-state index contributed by atoms with van der Waals surface area (Å²) in [5.41, 5.74) is 1.49. The highest BCUT2D eigenvalue weighted by atomic mass is 16.5. The summed E-state index contributed by atoms with van der Waals surface area (Å²) in [6.45, 7) is 3.97. The van der Waals surface area contributed by atoms with Crippen LogP contribution in [-0.2, 0) is 4.79 Å². The molecular weight excluding hydrogens is 316 g/mol. The van der Waals surface area contributed by atoms with Crippen molar-refractivity contribution in [3.8, 4) is 5.75 Å². The Kier molecular flexibility index (Phi) is 5.12.